The molecule has 2 aromatic rings. The number of carbonyl (C=O) groups is 1. The van der Waals surface area contributed by atoms with Crippen molar-refractivity contribution in [3.8, 4) is 11.5 Å². The summed E-state index contributed by atoms with van der Waals surface area (Å²) in [6.45, 7) is 3.63. The third-order valence-electron chi connectivity index (χ3n) is 3.18. The first-order valence-corrected chi connectivity index (χ1v) is 7.51. The van der Waals surface area contributed by atoms with E-state index in [9.17, 15) is 4.79 Å². The molecule has 1 aromatic carbocycles. The first kappa shape index (κ1) is 15.6. The molecule has 21 heavy (non-hydrogen) atoms. The summed E-state index contributed by atoms with van der Waals surface area (Å²) in [6, 6.07) is 8.69. The summed E-state index contributed by atoms with van der Waals surface area (Å²) in [5.41, 5.74) is 7.37. The van der Waals surface area contributed by atoms with Gasteiger partial charge in [0.25, 0.3) is 0 Å². The van der Waals surface area contributed by atoms with Crippen LogP contribution < -0.4 is 5.73 Å². The zero-order chi connectivity index (χ0) is 15.5. The molecule has 0 aliphatic heterocycles. The fourth-order valence-electron chi connectivity index (χ4n) is 1.73. The number of nitrogens with zero attached hydrogens (tertiary/aromatic N) is 1. The van der Waals surface area contributed by atoms with Crippen molar-refractivity contribution >= 4 is 17.7 Å². The Labute approximate surface area is 127 Å². The predicted molar refractivity (Wildman–Crippen MR) is 82.9 cm³/mol. The summed E-state index contributed by atoms with van der Waals surface area (Å²) in [6.07, 6.45) is 1.59. The average Bonchev–Trinajstić information content (AvgIpc) is 2.94. The lowest BCUT2D eigenvalue weighted by Crippen LogP contribution is -2.46. The maximum Gasteiger partial charge on any atom is 0.321 e. The van der Waals surface area contributed by atoms with Gasteiger partial charge in [-0.2, -0.15) is 0 Å². The molecule has 0 aliphatic rings. The fourth-order valence-corrected chi connectivity index (χ4v) is 2.67. The highest BCUT2D eigenvalue weighted by Gasteiger charge is 2.32. The third-order valence-corrected chi connectivity index (χ3v) is 4.62. The average molecular weight is 306 g/mol. The van der Waals surface area contributed by atoms with Crippen LogP contribution in [0.5, 0.6) is 0 Å². The highest BCUT2D eigenvalue weighted by atomic mass is 32.2. The van der Waals surface area contributed by atoms with Crippen molar-refractivity contribution in [3.05, 3.63) is 42.3 Å². The summed E-state index contributed by atoms with van der Waals surface area (Å²) < 4.78 is 4.87. The number of rotatable bonds is 6. The number of oxazole rings is 1. The van der Waals surface area contributed by atoms with Gasteiger partial charge in [0.2, 0.25) is 5.89 Å². The summed E-state index contributed by atoms with van der Waals surface area (Å²) in [4.78, 5) is 15.4. The minimum absolute atomic E-state index is 0.546. The van der Waals surface area contributed by atoms with Crippen molar-refractivity contribution in [2.45, 2.75) is 30.4 Å². The molecule has 0 radical (unpaired) electrons. The second kappa shape index (κ2) is 6.32. The summed E-state index contributed by atoms with van der Waals surface area (Å²) in [5, 5.41) is 9.00. The Morgan fingerprint density at radius 3 is 2.71 bits per heavy atom. The van der Waals surface area contributed by atoms with Crippen molar-refractivity contribution in [2.24, 2.45) is 5.73 Å². The van der Waals surface area contributed by atoms with Gasteiger partial charge in [-0.05, 0) is 26.0 Å². The van der Waals surface area contributed by atoms with Gasteiger partial charge >= 0.3 is 5.97 Å². The molecular weight excluding hydrogens is 288 g/mol. The highest BCUT2D eigenvalue weighted by molar-refractivity contribution is 7.99. The van der Waals surface area contributed by atoms with Gasteiger partial charge in [0.15, 0.2) is 0 Å². The van der Waals surface area contributed by atoms with Gasteiger partial charge in [-0.15, -0.1) is 11.8 Å². The molecule has 5 nitrogen and oxygen atoms in total. The Morgan fingerprint density at radius 2 is 2.10 bits per heavy atom. The molecule has 1 atom stereocenters. The van der Waals surface area contributed by atoms with E-state index in [-0.39, 0.29) is 0 Å². The predicted octanol–water partition coefficient (Wildman–Crippen LogP) is 2.77. The van der Waals surface area contributed by atoms with E-state index in [2.05, 4.69) is 4.98 Å². The smallest absolute Gasteiger partial charge is 0.321 e. The lowest BCUT2D eigenvalue weighted by Gasteiger charge is -2.27. The van der Waals surface area contributed by atoms with Crippen LogP contribution in [0.4, 0.5) is 0 Å². The molecule has 6 heteroatoms. The second-order valence-electron chi connectivity index (χ2n) is 5.22. The van der Waals surface area contributed by atoms with Crippen molar-refractivity contribution in [1.82, 2.24) is 4.98 Å². The Morgan fingerprint density at radius 1 is 1.43 bits per heavy atom. The number of aromatic nitrogens is 1. The molecular formula is C15H18N2O3S. The van der Waals surface area contributed by atoms with Gasteiger partial charge in [0, 0.05) is 16.1 Å². The Bertz CT molecular complexity index is 610. The van der Waals surface area contributed by atoms with Gasteiger partial charge in [-0.3, -0.25) is 4.79 Å². The molecule has 0 spiro atoms. The van der Waals surface area contributed by atoms with E-state index < -0.39 is 16.8 Å². The molecule has 3 N–H and O–H groups in total. The molecule has 0 bridgehead atoms. The lowest BCUT2D eigenvalue weighted by molar-refractivity contribution is -0.139. The molecule has 1 heterocycles. The topological polar surface area (TPSA) is 89.4 Å². The van der Waals surface area contributed by atoms with E-state index in [0.717, 1.165) is 11.3 Å². The first-order valence-electron chi connectivity index (χ1n) is 6.52. The van der Waals surface area contributed by atoms with Crippen molar-refractivity contribution in [3.63, 3.8) is 0 Å². The lowest BCUT2D eigenvalue weighted by atomic mass is 10.1. The molecule has 112 valence electrons. The van der Waals surface area contributed by atoms with Crippen LogP contribution in [-0.4, -0.2) is 26.8 Å². The molecule has 0 fully saturated rings. The van der Waals surface area contributed by atoms with E-state index in [0.29, 0.717) is 11.6 Å². The summed E-state index contributed by atoms with van der Waals surface area (Å²) in [5.74, 6) is 0.105. The van der Waals surface area contributed by atoms with Gasteiger partial charge < -0.3 is 15.3 Å². The summed E-state index contributed by atoms with van der Waals surface area (Å²) in [7, 11) is 0. The zero-order valence-electron chi connectivity index (χ0n) is 11.9. The number of nitrogens with two attached hydrogens (primary N) is 1. The number of aliphatic carboxylic acids is 1. The normalized spacial score (nSPS) is 13.1. The number of hydrogen-bond acceptors (Lipinski definition) is 5. The zero-order valence-corrected chi connectivity index (χ0v) is 12.8. The number of carboxylic acid groups (broad SMARTS) is 1. The number of carboxylic acids is 1. The van der Waals surface area contributed by atoms with Gasteiger partial charge in [-0.1, -0.05) is 18.2 Å². The number of hydrogen-bond donors (Lipinski definition) is 2. The minimum atomic E-state index is -1.00. The van der Waals surface area contributed by atoms with E-state index >= 15 is 0 Å². The van der Waals surface area contributed by atoms with Crippen molar-refractivity contribution < 1.29 is 14.3 Å². The van der Waals surface area contributed by atoms with Crippen LogP contribution in [0, 0.1) is 0 Å². The van der Waals surface area contributed by atoms with Crippen LogP contribution in [0.25, 0.3) is 11.5 Å². The molecule has 2 rings (SSSR count). The fraction of sp³-hybridized carbons (Fsp3) is 0.333. The van der Waals surface area contributed by atoms with Gasteiger partial charge in [0.05, 0.1) is 5.69 Å². The van der Waals surface area contributed by atoms with Gasteiger partial charge in [0.1, 0.15) is 12.3 Å². The third kappa shape index (κ3) is 3.86. The SMILES string of the molecule is CC(C)(SCc1coc(-c2ccccc2)n1)[C@@H](N)C(=O)O. The molecule has 0 saturated carbocycles. The molecule has 1 aromatic heterocycles. The molecule has 0 unspecified atom stereocenters. The molecule has 0 amide bonds. The van der Waals surface area contributed by atoms with Crippen LogP contribution in [-0.2, 0) is 10.5 Å². The van der Waals surface area contributed by atoms with Crippen LogP contribution >= 0.6 is 11.8 Å². The summed E-state index contributed by atoms with van der Waals surface area (Å²) >= 11 is 1.45. The van der Waals surface area contributed by atoms with E-state index in [1.54, 1.807) is 6.26 Å². The quantitative estimate of drug-likeness (QED) is 0.853. The minimum Gasteiger partial charge on any atom is -0.480 e. The monoisotopic (exact) mass is 306 g/mol. The molecule has 0 saturated heterocycles. The van der Waals surface area contributed by atoms with Crippen molar-refractivity contribution in [2.75, 3.05) is 0 Å². The maximum atomic E-state index is 11.0. The first-order chi connectivity index (χ1) is 9.90. The Balaban J connectivity index is 2.02. The van der Waals surface area contributed by atoms with Crippen LogP contribution in [0.15, 0.2) is 41.0 Å². The van der Waals surface area contributed by atoms with Crippen molar-refractivity contribution in [1.29, 1.82) is 0 Å². The standard InChI is InChI=1S/C15H18N2O3S/c1-15(2,12(16)14(18)19)21-9-11-8-20-13(17-11)10-6-4-3-5-7-10/h3-8,12H,9,16H2,1-2H3,(H,18,19)/t12-/m0/s1. The highest BCUT2D eigenvalue weighted by Crippen LogP contribution is 2.31. The van der Waals surface area contributed by atoms with E-state index in [4.69, 9.17) is 15.3 Å². The van der Waals surface area contributed by atoms with Crippen LogP contribution in [0.1, 0.15) is 19.5 Å². The maximum absolute atomic E-state index is 11.0. The van der Waals surface area contributed by atoms with E-state index in [1.165, 1.54) is 11.8 Å². The molecule has 0 aliphatic carbocycles. The number of benzene rings is 1. The Hall–Kier alpha value is -1.79. The second-order valence-corrected chi connectivity index (χ2v) is 6.85. The van der Waals surface area contributed by atoms with Crippen LogP contribution in [0.2, 0.25) is 0 Å². The Kier molecular flexibility index (Phi) is 4.69. The van der Waals surface area contributed by atoms with E-state index in [1.807, 2.05) is 44.2 Å². The van der Waals surface area contributed by atoms with Crippen LogP contribution in [0.3, 0.4) is 0 Å². The van der Waals surface area contributed by atoms with Gasteiger partial charge in [-0.25, -0.2) is 4.98 Å². The number of thioether (sulfide) groups is 1. The largest absolute Gasteiger partial charge is 0.480 e.